The second-order valence-electron chi connectivity index (χ2n) is 8.27. The summed E-state index contributed by atoms with van der Waals surface area (Å²) in [5.74, 6) is -1.29. The zero-order valence-electron chi connectivity index (χ0n) is 18.6. The third-order valence-electron chi connectivity index (χ3n) is 6.09. The van der Waals surface area contributed by atoms with Gasteiger partial charge in [-0.15, -0.1) is 0 Å². The van der Waals surface area contributed by atoms with Crippen molar-refractivity contribution in [1.29, 1.82) is 0 Å². The standard InChI is InChI=1S/C27H25N3O3/c1-3-33-26(32)23-24(20-9-5-4-6-10-20)30-22-12-8-7-11-21(22)28-27(30)29(25(23)31)17-19-15-13-18(2)14-16-19/h4-16,23-24H,3,17H2,1-2H3/t23-,24+/m0/s1. The molecule has 4 aromatic rings. The topological polar surface area (TPSA) is 64.4 Å². The molecule has 5 rings (SSSR count). The van der Waals surface area contributed by atoms with E-state index in [1.807, 2.05) is 90.4 Å². The van der Waals surface area contributed by atoms with Crippen LogP contribution < -0.4 is 4.90 Å². The molecule has 1 aliphatic rings. The third kappa shape index (κ3) is 3.67. The molecule has 3 aromatic carbocycles. The van der Waals surface area contributed by atoms with Gasteiger partial charge in [0, 0.05) is 0 Å². The molecule has 0 unspecified atom stereocenters. The maximum atomic E-state index is 13.9. The van der Waals surface area contributed by atoms with Crippen LogP contribution in [0.1, 0.15) is 29.7 Å². The second kappa shape index (κ2) is 8.54. The van der Waals surface area contributed by atoms with Crippen molar-refractivity contribution in [2.45, 2.75) is 26.4 Å². The molecule has 33 heavy (non-hydrogen) atoms. The Morgan fingerprint density at radius 3 is 2.39 bits per heavy atom. The summed E-state index contributed by atoms with van der Waals surface area (Å²) in [4.78, 5) is 33.6. The number of amides is 1. The second-order valence-corrected chi connectivity index (χ2v) is 8.27. The predicted molar refractivity (Wildman–Crippen MR) is 127 cm³/mol. The number of aryl methyl sites for hydroxylation is 1. The fourth-order valence-electron chi connectivity index (χ4n) is 4.53. The Labute approximate surface area is 192 Å². The molecule has 0 N–H and O–H groups in total. The molecular formula is C27H25N3O3. The number of aromatic nitrogens is 2. The van der Waals surface area contributed by atoms with Gasteiger partial charge < -0.3 is 9.30 Å². The zero-order valence-corrected chi connectivity index (χ0v) is 18.6. The van der Waals surface area contributed by atoms with Crippen LogP contribution >= 0.6 is 0 Å². The van der Waals surface area contributed by atoms with Crippen LogP contribution in [-0.4, -0.2) is 28.0 Å². The van der Waals surface area contributed by atoms with Gasteiger partial charge in [0.2, 0.25) is 11.9 Å². The number of para-hydroxylation sites is 2. The van der Waals surface area contributed by atoms with E-state index in [4.69, 9.17) is 9.72 Å². The molecule has 0 fully saturated rings. The van der Waals surface area contributed by atoms with Crippen molar-refractivity contribution in [3.63, 3.8) is 0 Å². The van der Waals surface area contributed by atoms with Crippen molar-refractivity contribution in [3.05, 3.63) is 95.6 Å². The minimum atomic E-state index is -1.01. The Bertz CT molecular complexity index is 1310. The number of hydrogen-bond donors (Lipinski definition) is 0. The van der Waals surface area contributed by atoms with Crippen molar-refractivity contribution in [2.24, 2.45) is 5.92 Å². The van der Waals surface area contributed by atoms with Gasteiger partial charge >= 0.3 is 5.97 Å². The Morgan fingerprint density at radius 2 is 1.67 bits per heavy atom. The minimum absolute atomic E-state index is 0.208. The average molecular weight is 440 g/mol. The van der Waals surface area contributed by atoms with Crippen LogP contribution in [0.15, 0.2) is 78.9 Å². The van der Waals surface area contributed by atoms with Gasteiger partial charge in [-0.3, -0.25) is 14.5 Å². The number of rotatable bonds is 5. The van der Waals surface area contributed by atoms with Gasteiger partial charge in [-0.1, -0.05) is 72.3 Å². The first-order valence-electron chi connectivity index (χ1n) is 11.1. The Balaban J connectivity index is 1.73. The third-order valence-corrected chi connectivity index (χ3v) is 6.09. The zero-order chi connectivity index (χ0) is 22.9. The van der Waals surface area contributed by atoms with Gasteiger partial charge in [0.25, 0.3) is 0 Å². The number of imidazole rings is 1. The summed E-state index contributed by atoms with van der Waals surface area (Å²) >= 11 is 0. The van der Waals surface area contributed by atoms with E-state index in [0.717, 1.165) is 27.7 Å². The molecular weight excluding hydrogens is 414 g/mol. The van der Waals surface area contributed by atoms with Gasteiger partial charge in [-0.05, 0) is 37.1 Å². The summed E-state index contributed by atoms with van der Waals surface area (Å²) in [7, 11) is 0. The lowest BCUT2D eigenvalue weighted by Crippen LogP contribution is -2.49. The van der Waals surface area contributed by atoms with Crippen LogP contribution in [0.3, 0.4) is 0 Å². The van der Waals surface area contributed by atoms with E-state index in [9.17, 15) is 9.59 Å². The number of benzene rings is 3. The molecule has 0 saturated carbocycles. The Kier molecular flexibility index (Phi) is 5.42. The number of nitrogens with zero attached hydrogens (tertiary/aromatic N) is 3. The molecule has 1 amide bonds. The molecule has 0 radical (unpaired) electrons. The molecule has 6 heteroatoms. The van der Waals surface area contributed by atoms with Crippen LogP contribution in [0.4, 0.5) is 5.95 Å². The highest BCUT2D eigenvalue weighted by Crippen LogP contribution is 2.41. The number of carbonyl (C=O) groups is 2. The van der Waals surface area contributed by atoms with E-state index in [-0.39, 0.29) is 12.5 Å². The Hall–Kier alpha value is -3.93. The lowest BCUT2D eigenvalue weighted by molar-refractivity contribution is -0.153. The normalized spacial score (nSPS) is 17.8. The highest BCUT2D eigenvalue weighted by atomic mass is 16.5. The van der Waals surface area contributed by atoms with Crippen LogP contribution in [0.25, 0.3) is 11.0 Å². The van der Waals surface area contributed by atoms with Gasteiger partial charge in [-0.25, -0.2) is 4.98 Å². The largest absolute Gasteiger partial charge is 0.465 e. The predicted octanol–water partition coefficient (Wildman–Crippen LogP) is 4.66. The first kappa shape index (κ1) is 20.9. The fourth-order valence-corrected chi connectivity index (χ4v) is 4.53. The van der Waals surface area contributed by atoms with Crippen LogP contribution in [0, 0.1) is 12.8 Å². The molecule has 0 bridgehead atoms. The quantitative estimate of drug-likeness (QED) is 0.335. The first-order valence-corrected chi connectivity index (χ1v) is 11.1. The van der Waals surface area contributed by atoms with Crippen molar-refractivity contribution >= 4 is 28.9 Å². The number of fused-ring (bicyclic) bond motifs is 3. The number of anilines is 1. The summed E-state index contributed by atoms with van der Waals surface area (Å²) in [5, 5.41) is 0. The van der Waals surface area contributed by atoms with Crippen molar-refractivity contribution in [1.82, 2.24) is 9.55 Å². The van der Waals surface area contributed by atoms with Crippen molar-refractivity contribution in [2.75, 3.05) is 11.5 Å². The van der Waals surface area contributed by atoms with Crippen LogP contribution in [0.5, 0.6) is 0 Å². The molecule has 6 nitrogen and oxygen atoms in total. The van der Waals surface area contributed by atoms with E-state index < -0.39 is 17.9 Å². The number of hydrogen-bond acceptors (Lipinski definition) is 4. The summed E-state index contributed by atoms with van der Waals surface area (Å²) in [6, 6.07) is 24.9. The minimum Gasteiger partial charge on any atom is -0.465 e. The maximum Gasteiger partial charge on any atom is 0.321 e. The summed E-state index contributed by atoms with van der Waals surface area (Å²) in [6.45, 7) is 4.31. The number of ether oxygens (including phenoxy) is 1. The molecule has 0 saturated heterocycles. The number of carbonyl (C=O) groups excluding carboxylic acids is 2. The highest BCUT2D eigenvalue weighted by molar-refractivity contribution is 6.08. The Morgan fingerprint density at radius 1 is 0.970 bits per heavy atom. The van der Waals surface area contributed by atoms with E-state index in [1.54, 1.807) is 11.8 Å². The average Bonchev–Trinajstić information content (AvgIpc) is 3.21. The molecule has 0 spiro atoms. The van der Waals surface area contributed by atoms with E-state index >= 15 is 0 Å². The SMILES string of the molecule is CCOC(=O)[C@@H]1C(=O)N(Cc2ccc(C)cc2)c2nc3ccccc3n2[C@@H]1c1ccccc1. The van der Waals surface area contributed by atoms with E-state index in [0.29, 0.717) is 12.5 Å². The van der Waals surface area contributed by atoms with Gasteiger partial charge in [-0.2, -0.15) is 0 Å². The van der Waals surface area contributed by atoms with E-state index in [1.165, 1.54) is 0 Å². The summed E-state index contributed by atoms with van der Waals surface area (Å²) < 4.78 is 7.42. The lowest BCUT2D eigenvalue weighted by Gasteiger charge is -2.38. The maximum absolute atomic E-state index is 13.9. The first-order chi connectivity index (χ1) is 16.1. The van der Waals surface area contributed by atoms with E-state index in [2.05, 4.69) is 0 Å². The molecule has 0 aliphatic carbocycles. The molecule has 1 aliphatic heterocycles. The molecule has 2 atom stereocenters. The summed E-state index contributed by atoms with van der Waals surface area (Å²) in [5.41, 5.74) is 4.62. The number of esters is 1. The van der Waals surface area contributed by atoms with Crippen LogP contribution in [0.2, 0.25) is 0 Å². The highest BCUT2D eigenvalue weighted by Gasteiger charge is 2.47. The van der Waals surface area contributed by atoms with Gasteiger partial charge in [0.05, 0.1) is 30.2 Å². The van der Waals surface area contributed by atoms with Gasteiger partial charge in [0.15, 0.2) is 5.92 Å². The van der Waals surface area contributed by atoms with Gasteiger partial charge in [0.1, 0.15) is 0 Å². The molecule has 2 heterocycles. The smallest absolute Gasteiger partial charge is 0.321 e. The van der Waals surface area contributed by atoms with Crippen molar-refractivity contribution < 1.29 is 14.3 Å². The fraction of sp³-hybridized carbons (Fsp3) is 0.222. The van der Waals surface area contributed by atoms with Crippen molar-refractivity contribution in [3.8, 4) is 0 Å². The molecule has 166 valence electrons. The monoisotopic (exact) mass is 439 g/mol. The molecule has 1 aromatic heterocycles. The summed E-state index contributed by atoms with van der Waals surface area (Å²) in [6.07, 6.45) is 0. The van der Waals surface area contributed by atoms with Crippen LogP contribution in [-0.2, 0) is 20.9 Å². The lowest BCUT2D eigenvalue weighted by atomic mass is 9.89.